The molecular formula is C18H26N6O4. The molecule has 0 bridgehead atoms. The Morgan fingerprint density at radius 2 is 2.14 bits per heavy atom. The van der Waals surface area contributed by atoms with Gasteiger partial charge in [0.2, 0.25) is 23.6 Å². The van der Waals surface area contributed by atoms with Gasteiger partial charge in [0, 0.05) is 19.1 Å². The lowest BCUT2D eigenvalue weighted by atomic mass is 10.1. The smallest absolute Gasteiger partial charge is 0.249 e. The second-order valence-electron chi connectivity index (χ2n) is 7.23. The van der Waals surface area contributed by atoms with E-state index in [0.717, 1.165) is 19.5 Å². The Bertz CT molecular complexity index is 694. The predicted octanol–water partition coefficient (Wildman–Crippen LogP) is -1.25. The molecule has 2 saturated heterocycles. The van der Waals surface area contributed by atoms with Crippen LogP contribution in [0.15, 0.2) is 9.98 Å². The van der Waals surface area contributed by atoms with Gasteiger partial charge in [0.25, 0.3) is 0 Å². The van der Waals surface area contributed by atoms with Gasteiger partial charge in [-0.1, -0.05) is 6.92 Å². The van der Waals surface area contributed by atoms with Crippen LogP contribution in [0.2, 0.25) is 0 Å². The van der Waals surface area contributed by atoms with E-state index in [0.29, 0.717) is 12.8 Å². The summed E-state index contributed by atoms with van der Waals surface area (Å²) in [6, 6.07) is -2.28. The molecular weight excluding hydrogens is 364 g/mol. The average Bonchev–Trinajstić information content (AvgIpc) is 3.42. The molecule has 1 unspecified atom stereocenters. The summed E-state index contributed by atoms with van der Waals surface area (Å²) in [5, 5.41) is 7.69. The van der Waals surface area contributed by atoms with Gasteiger partial charge in [-0.2, -0.15) is 0 Å². The van der Waals surface area contributed by atoms with Gasteiger partial charge >= 0.3 is 0 Å². The van der Waals surface area contributed by atoms with Crippen molar-refractivity contribution in [1.29, 1.82) is 0 Å². The van der Waals surface area contributed by atoms with Crippen molar-refractivity contribution in [2.24, 2.45) is 9.98 Å². The molecule has 28 heavy (non-hydrogen) atoms. The normalized spacial score (nSPS) is 27.6. The topological polar surface area (TPSA) is 132 Å². The highest BCUT2D eigenvalue weighted by atomic mass is 16.2. The van der Waals surface area contributed by atoms with E-state index in [-0.39, 0.29) is 36.7 Å². The molecule has 0 saturated carbocycles. The summed E-state index contributed by atoms with van der Waals surface area (Å²) in [5.41, 5.74) is 0. The molecule has 0 aromatic heterocycles. The first-order valence-electron chi connectivity index (χ1n) is 9.71. The number of imide groups is 1. The maximum Gasteiger partial charge on any atom is 0.249 e. The second-order valence-corrected chi connectivity index (χ2v) is 7.23. The van der Waals surface area contributed by atoms with Gasteiger partial charge in [-0.3, -0.25) is 34.4 Å². The molecule has 3 aliphatic heterocycles. The highest BCUT2D eigenvalue weighted by molar-refractivity contribution is 6.02. The number of hydrogen-bond donors (Lipinski definition) is 3. The third-order valence-electron chi connectivity index (χ3n) is 5.32. The number of hydrogen-bond acceptors (Lipinski definition) is 7. The van der Waals surface area contributed by atoms with Crippen LogP contribution in [0.1, 0.15) is 39.0 Å². The molecule has 10 heteroatoms. The number of rotatable bonds is 7. The van der Waals surface area contributed by atoms with E-state index in [1.807, 2.05) is 11.8 Å². The molecule has 4 amide bonds. The highest BCUT2D eigenvalue weighted by Crippen LogP contribution is 2.17. The van der Waals surface area contributed by atoms with Crippen LogP contribution in [0.3, 0.4) is 0 Å². The molecule has 0 spiro atoms. The molecule has 3 heterocycles. The molecule has 2 fully saturated rings. The monoisotopic (exact) mass is 390 g/mol. The average molecular weight is 390 g/mol. The molecule has 3 N–H and O–H groups in total. The fraction of sp³-hybridized carbons (Fsp3) is 0.667. The number of likely N-dealkylation sites (tertiary alicyclic amines) is 1. The number of carbonyl (C=O) groups is 4. The van der Waals surface area contributed by atoms with Crippen molar-refractivity contribution in [3.05, 3.63) is 0 Å². The van der Waals surface area contributed by atoms with Gasteiger partial charge in [0.1, 0.15) is 18.4 Å². The minimum atomic E-state index is -0.947. The van der Waals surface area contributed by atoms with E-state index in [4.69, 9.17) is 0 Å². The van der Waals surface area contributed by atoms with Crippen molar-refractivity contribution in [1.82, 2.24) is 20.9 Å². The van der Waals surface area contributed by atoms with E-state index >= 15 is 0 Å². The van der Waals surface area contributed by atoms with Crippen molar-refractivity contribution in [2.75, 3.05) is 13.1 Å². The molecule has 0 aliphatic carbocycles. The third kappa shape index (κ3) is 4.80. The Kier molecular flexibility index (Phi) is 6.50. The SMILES string of the molecule is CCN1CCC[C@H]1C(=O)NC(=O)[C@H](CC1C=NC=N1)NC(=O)[C@@H]1CCC(=O)N1. The molecule has 3 rings (SSSR count). The Morgan fingerprint density at radius 3 is 2.79 bits per heavy atom. The summed E-state index contributed by atoms with van der Waals surface area (Å²) in [7, 11) is 0. The first-order valence-corrected chi connectivity index (χ1v) is 9.71. The molecule has 4 atom stereocenters. The van der Waals surface area contributed by atoms with Crippen molar-refractivity contribution < 1.29 is 19.2 Å². The molecule has 10 nitrogen and oxygen atoms in total. The number of nitrogens with one attached hydrogen (secondary N) is 3. The molecule has 152 valence electrons. The quantitative estimate of drug-likeness (QED) is 0.500. The zero-order valence-electron chi connectivity index (χ0n) is 15.9. The van der Waals surface area contributed by atoms with Gasteiger partial charge in [-0.25, -0.2) is 4.99 Å². The Labute approximate surface area is 163 Å². The lowest BCUT2D eigenvalue weighted by molar-refractivity contribution is -0.136. The molecule has 0 aromatic carbocycles. The summed E-state index contributed by atoms with van der Waals surface area (Å²) in [4.78, 5) is 59.2. The largest absolute Gasteiger partial charge is 0.344 e. The van der Waals surface area contributed by atoms with E-state index in [1.165, 1.54) is 6.34 Å². The van der Waals surface area contributed by atoms with Gasteiger partial charge in [-0.05, 0) is 32.4 Å². The van der Waals surface area contributed by atoms with Crippen LogP contribution in [0.25, 0.3) is 0 Å². The predicted molar refractivity (Wildman–Crippen MR) is 102 cm³/mol. The van der Waals surface area contributed by atoms with E-state index < -0.39 is 23.9 Å². The fourth-order valence-corrected chi connectivity index (χ4v) is 3.77. The highest BCUT2D eigenvalue weighted by Gasteiger charge is 2.35. The van der Waals surface area contributed by atoms with Gasteiger partial charge in [-0.15, -0.1) is 0 Å². The Balaban J connectivity index is 1.63. The zero-order chi connectivity index (χ0) is 20.1. The van der Waals surface area contributed by atoms with Gasteiger partial charge in [0.05, 0.1) is 12.1 Å². The maximum absolute atomic E-state index is 12.8. The first-order chi connectivity index (χ1) is 13.5. The maximum atomic E-state index is 12.8. The van der Waals surface area contributed by atoms with Crippen molar-refractivity contribution in [3.63, 3.8) is 0 Å². The zero-order valence-corrected chi connectivity index (χ0v) is 15.9. The molecule has 0 radical (unpaired) electrons. The number of amides is 4. The van der Waals surface area contributed by atoms with Crippen LogP contribution in [0, 0.1) is 0 Å². The van der Waals surface area contributed by atoms with Crippen LogP contribution in [-0.2, 0) is 19.2 Å². The summed E-state index contributed by atoms with van der Waals surface area (Å²) in [6.07, 6.45) is 5.44. The summed E-state index contributed by atoms with van der Waals surface area (Å²) in [6.45, 7) is 3.54. The van der Waals surface area contributed by atoms with Crippen molar-refractivity contribution in [2.45, 2.75) is 63.2 Å². The van der Waals surface area contributed by atoms with Gasteiger partial charge < -0.3 is 10.6 Å². The van der Waals surface area contributed by atoms with Crippen LogP contribution >= 0.6 is 0 Å². The Hall–Kier alpha value is -2.62. The van der Waals surface area contributed by atoms with Crippen molar-refractivity contribution >= 4 is 36.2 Å². The van der Waals surface area contributed by atoms with E-state index in [9.17, 15) is 19.2 Å². The van der Waals surface area contributed by atoms with Crippen LogP contribution in [0.5, 0.6) is 0 Å². The second kappa shape index (κ2) is 9.05. The van der Waals surface area contributed by atoms with Crippen molar-refractivity contribution in [3.8, 4) is 0 Å². The van der Waals surface area contributed by atoms with E-state index in [1.54, 1.807) is 6.21 Å². The first kappa shape index (κ1) is 20.1. The fourth-order valence-electron chi connectivity index (χ4n) is 3.77. The Morgan fingerprint density at radius 1 is 1.32 bits per heavy atom. The van der Waals surface area contributed by atoms with Crippen LogP contribution in [0.4, 0.5) is 0 Å². The van der Waals surface area contributed by atoms with E-state index in [2.05, 4.69) is 25.9 Å². The standard InChI is InChI=1S/C18H26N6O4/c1-2-24-7-3-4-14(24)18(28)23-17(27)13(8-11-9-19-10-20-11)22-16(26)12-5-6-15(25)21-12/h9-14H,2-8H2,1H3,(H,21,25)(H,22,26)(H,23,27,28)/t11?,12-,13-,14-/m0/s1. The number of aliphatic imine (C=N–C) groups is 2. The minimum Gasteiger partial charge on any atom is -0.344 e. The lowest BCUT2D eigenvalue weighted by Crippen LogP contribution is -2.55. The molecule has 0 aromatic rings. The minimum absolute atomic E-state index is 0.188. The number of likely N-dealkylation sites (N-methyl/N-ethyl adjacent to an activating group) is 1. The van der Waals surface area contributed by atoms with Crippen LogP contribution < -0.4 is 16.0 Å². The summed E-state index contributed by atoms with van der Waals surface area (Å²) in [5.74, 6) is -1.54. The third-order valence-corrected chi connectivity index (χ3v) is 5.32. The number of carbonyl (C=O) groups excluding carboxylic acids is 4. The molecule has 3 aliphatic rings. The summed E-state index contributed by atoms with van der Waals surface area (Å²) >= 11 is 0. The van der Waals surface area contributed by atoms with Gasteiger partial charge in [0.15, 0.2) is 0 Å². The van der Waals surface area contributed by atoms with Crippen LogP contribution in [-0.4, -0.2) is 78.3 Å². The number of nitrogens with zero attached hydrogens (tertiary/aromatic N) is 3. The summed E-state index contributed by atoms with van der Waals surface area (Å²) < 4.78 is 0. The lowest BCUT2D eigenvalue weighted by Gasteiger charge is -2.24.